The first-order valence-electron chi connectivity index (χ1n) is 7.26. The van der Waals surface area contributed by atoms with Crippen molar-refractivity contribution in [3.05, 3.63) is 65.6 Å². The summed E-state index contributed by atoms with van der Waals surface area (Å²) in [5.41, 5.74) is 1.14. The number of rotatable bonds is 5. The summed E-state index contributed by atoms with van der Waals surface area (Å²) in [6, 6.07) is 9.27. The Balaban J connectivity index is 1.88. The molecule has 2 aromatic heterocycles. The topological polar surface area (TPSA) is 83.0 Å². The standard InChI is InChI=1S/C16H16N4O3/c1-3-20-10-13(9-17-20)16(21)22-14(12-7-5-4-6-8-12)15-18-11(2)19-23-15/h4-10,14H,3H2,1-2H3/t14-/m1/s1. The van der Waals surface area contributed by atoms with Gasteiger partial charge in [-0.2, -0.15) is 10.1 Å². The van der Waals surface area contributed by atoms with Gasteiger partial charge in [0.2, 0.25) is 6.10 Å². The fourth-order valence-electron chi connectivity index (χ4n) is 2.13. The molecule has 0 bridgehead atoms. The van der Waals surface area contributed by atoms with Gasteiger partial charge >= 0.3 is 5.97 Å². The second-order valence-electron chi connectivity index (χ2n) is 4.96. The summed E-state index contributed by atoms with van der Waals surface area (Å²) in [4.78, 5) is 16.6. The summed E-state index contributed by atoms with van der Waals surface area (Å²) >= 11 is 0. The maximum absolute atomic E-state index is 12.4. The summed E-state index contributed by atoms with van der Waals surface area (Å²) in [5, 5.41) is 7.84. The van der Waals surface area contributed by atoms with Crippen molar-refractivity contribution in [2.75, 3.05) is 0 Å². The van der Waals surface area contributed by atoms with Crippen molar-refractivity contribution in [3.63, 3.8) is 0 Å². The highest BCUT2D eigenvalue weighted by molar-refractivity contribution is 5.89. The Morgan fingerprint density at radius 3 is 2.74 bits per heavy atom. The normalized spacial score (nSPS) is 12.1. The highest BCUT2D eigenvalue weighted by Crippen LogP contribution is 2.25. The van der Waals surface area contributed by atoms with Crippen LogP contribution in [0, 0.1) is 6.92 Å². The highest BCUT2D eigenvalue weighted by Gasteiger charge is 2.26. The van der Waals surface area contributed by atoms with E-state index in [9.17, 15) is 4.79 Å². The van der Waals surface area contributed by atoms with Crippen molar-refractivity contribution < 1.29 is 14.1 Å². The first-order chi connectivity index (χ1) is 11.2. The second kappa shape index (κ2) is 6.43. The lowest BCUT2D eigenvalue weighted by atomic mass is 10.1. The van der Waals surface area contributed by atoms with Gasteiger partial charge < -0.3 is 9.26 Å². The zero-order valence-corrected chi connectivity index (χ0v) is 12.8. The third kappa shape index (κ3) is 3.28. The molecule has 0 radical (unpaired) electrons. The van der Waals surface area contributed by atoms with Crippen LogP contribution in [0.4, 0.5) is 0 Å². The maximum Gasteiger partial charge on any atom is 0.342 e. The summed E-state index contributed by atoms with van der Waals surface area (Å²) in [5.74, 6) is 0.232. The van der Waals surface area contributed by atoms with Crippen molar-refractivity contribution in [3.8, 4) is 0 Å². The quantitative estimate of drug-likeness (QED) is 0.673. The van der Waals surface area contributed by atoms with Gasteiger partial charge in [0.05, 0.1) is 11.8 Å². The summed E-state index contributed by atoms with van der Waals surface area (Å²) in [6.45, 7) is 4.33. The Morgan fingerprint density at radius 1 is 1.35 bits per heavy atom. The summed E-state index contributed by atoms with van der Waals surface area (Å²) in [7, 11) is 0. The minimum Gasteiger partial charge on any atom is -0.444 e. The molecule has 3 aromatic rings. The van der Waals surface area contributed by atoms with Gasteiger partial charge in [-0.3, -0.25) is 4.68 Å². The second-order valence-corrected chi connectivity index (χ2v) is 4.96. The number of nitrogens with zero attached hydrogens (tertiary/aromatic N) is 4. The van der Waals surface area contributed by atoms with Gasteiger partial charge in [-0.15, -0.1) is 0 Å². The molecule has 0 spiro atoms. The Bertz CT molecular complexity index is 795. The van der Waals surface area contributed by atoms with Crippen molar-refractivity contribution in [2.45, 2.75) is 26.5 Å². The molecule has 23 heavy (non-hydrogen) atoms. The molecule has 118 valence electrons. The average Bonchev–Trinajstić information content (AvgIpc) is 3.22. The van der Waals surface area contributed by atoms with Gasteiger partial charge in [-0.1, -0.05) is 35.5 Å². The van der Waals surface area contributed by atoms with Gasteiger partial charge in [-0.05, 0) is 13.8 Å². The number of carbonyl (C=O) groups excluding carboxylic acids is 1. The predicted octanol–water partition coefficient (Wildman–Crippen LogP) is 2.54. The van der Waals surface area contributed by atoms with E-state index < -0.39 is 12.1 Å². The zero-order valence-electron chi connectivity index (χ0n) is 12.8. The maximum atomic E-state index is 12.4. The molecule has 7 heteroatoms. The van der Waals surface area contributed by atoms with Crippen LogP contribution in [0.1, 0.15) is 40.7 Å². The zero-order chi connectivity index (χ0) is 16.2. The minimum atomic E-state index is -0.755. The monoisotopic (exact) mass is 312 g/mol. The van der Waals surface area contributed by atoms with Gasteiger partial charge in [0.25, 0.3) is 5.89 Å². The molecular formula is C16H16N4O3. The number of aryl methyl sites for hydroxylation is 2. The molecule has 0 aliphatic heterocycles. The molecule has 0 saturated heterocycles. The average molecular weight is 312 g/mol. The molecule has 7 nitrogen and oxygen atoms in total. The first kappa shape index (κ1) is 15.0. The van der Waals surface area contributed by atoms with Crippen LogP contribution in [0.3, 0.4) is 0 Å². The Morgan fingerprint density at radius 2 is 2.13 bits per heavy atom. The van der Waals surface area contributed by atoms with Gasteiger partial charge in [0.1, 0.15) is 0 Å². The molecule has 2 heterocycles. The molecule has 0 N–H and O–H groups in total. The number of carbonyl (C=O) groups is 1. The van der Waals surface area contributed by atoms with Crippen molar-refractivity contribution in [2.24, 2.45) is 0 Å². The Hall–Kier alpha value is -2.96. The van der Waals surface area contributed by atoms with E-state index >= 15 is 0 Å². The van der Waals surface area contributed by atoms with Crippen molar-refractivity contribution in [1.82, 2.24) is 19.9 Å². The van der Waals surface area contributed by atoms with Crippen LogP contribution in [0.2, 0.25) is 0 Å². The molecule has 0 aliphatic rings. The van der Waals surface area contributed by atoms with E-state index in [1.807, 2.05) is 37.3 Å². The highest BCUT2D eigenvalue weighted by atomic mass is 16.6. The van der Waals surface area contributed by atoms with E-state index in [4.69, 9.17) is 9.26 Å². The molecule has 0 aliphatic carbocycles. The number of aromatic nitrogens is 4. The molecule has 3 rings (SSSR count). The number of esters is 1. The van der Waals surface area contributed by atoms with E-state index in [2.05, 4.69) is 15.2 Å². The van der Waals surface area contributed by atoms with Crippen LogP contribution in [-0.4, -0.2) is 25.9 Å². The number of hydrogen-bond donors (Lipinski definition) is 0. The first-order valence-corrected chi connectivity index (χ1v) is 7.26. The largest absolute Gasteiger partial charge is 0.444 e. The molecule has 1 atom stereocenters. The van der Waals surface area contributed by atoms with Gasteiger partial charge in [-0.25, -0.2) is 4.79 Å². The van der Waals surface area contributed by atoms with E-state index in [-0.39, 0.29) is 5.89 Å². The lowest BCUT2D eigenvalue weighted by Crippen LogP contribution is -2.13. The molecule has 0 unspecified atom stereocenters. The van der Waals surface area contributed by atoms with Crippen LogP contribution < -0.4 is 0 Å². The minimum absolute atomic E-state index is 0.241. The van der Waals surface area contributed by atoms with E-state index in [1.165, 1.54) is 6.20 Å². The predicted molar refractivity (Wildman–Crippen MR) is 80.6 cm³/mol. The van der Waals surface area contributed by atoms with Gasteiger partial charge in [0.15, 0.2) is 5.82 Å². The van der Waals surface area contributed by atoms with Crippen molar-refractivity contribution >= 4 is 5.97 Å². The third-order valence-electron chi connectivity index (χ3n) is 3.29. The fourth-order valence-corrected chi connectivity index (χ4v) is 2.13. The summed E-state index contributed by atoms with van der Waals surface area (Å²) in [6.07, 6.45) is 2.37. The number of hydrogen-bond acceptors (Lipinski definition) is 6. The smallest absolute Gasteiger partial charge is 0.342 e. The van der Waals surface area contributed by atoms with Crippen LogP contribution in [-0.2, 0) is 11.3 Å². The van der Waals surface area contributed by atoms with Crippen LogP contribution in [0.25, 0.3) is 0 Å². The Kier molecular flexibility index (Phi) is 4.18. The molecular weight excluding hydrogens is 296 g/mol. The van der Waals surface area contributed by atoms with E-state index in [1.54, 1.807) is 17.8 Å². The van der Waals surface area contributed by atoms with Crippen LogP contribution >= 0.6 is 0 Å². The van der Waals surface area contributed by atoms with Crippen LogP contribution in [0.5, 0.6) is 0 Å². The molecule has 0 fully saturated rings. The van der Waals surface area contributed by atoms with E-state index in [0.29, 0.717) is 17.9 Å². The van der Waals surface area contributed by atoms with Gasteiger partial charge in [0, 0.05) is 18.3 Å². The van der Waals surface area contributed by atoms with Crippen molar-refractivity contribution in [1.29, 1.82) is 0 Å². The molecule has 1 aromatic carbocycles. The number of benzene rings is 1. The molecule has 0 saturated carbocycles. The summed E-state index contributed by atoms with van der Waals surface area (Å²) < 4.78 is 12.4. The Labute approximate surface area is 132 Å². The number of ether oxygens (including phenoxy) is 1. The fraction of sp³-hybridized carbons (Fsp3) is 0.250. The molecule has 0 amide bonds. The van der Waals surface area contributed by atoms with Crippen LogP contribution in [0.15, 0.2) is 47.2 Å². The lowest BCUT2D eigenvalue weighted by molar-refractivity contribution is 0.0314. The lowest BCUT2D eigenvalue weighted by Gasteiger charge is -2.14. The third-order valence-corrected chi connectivity index (χ3v) is 3.29. The van der Waals surface area contributed by atoms with E-state index in [0.717, 1.165) is 5.56 Å². The SMILES string of the molecule is CCn1cc(C(=O)O[C@H](c2ccccc2)c2nc(C)no2)cn1.